The first kappa shape index (κ1) is 26.6. The summed E-state index contributed by atoms with van der Waals surface area (Å²) in [4.78, 5) is 60.5. The predicted molar refractivity (Wildman–Crippen MR) is 114 cm³/mol. The van der Waals surface area contributed by atoms with Crippen LogP contribution in [0.15, 0.2) is 30.3 Å². The van der Waals surface area contributed by atoms with Gasteiger partial charge in [-0.3, -0.25) is 24.0 Å². The zero-order chi connectivity index (χ0) is 24.4. The molecule has 4 atom stereocenters. The fraction of sp³-hybridized carbons (Fsp3) is 0.476. The lowest BCUT2D eigenvalue weighted by molar-refractivity contribution is -0.141. The van der Waals surface area contributed by atoms with Gasteiger partial charge in [-0.25, -0.2) is 0 Å². The summed E-state index contributed by atoms with van der Waals surface area (Å²) in [5.41, 5.74) is 5.47. The maximum absolute atomic E-state index is 12.9. The molecule has 1 aromatic carbocycles. The van der Waals surface area contributed by atoms with E-state index in [4.69, 9.17) is 10.8 Å². The number of hydrogen-bond acceptors (Lipinski definition) is 6. The predicted octanol–water partition coefficient (Wildman–Crippen LogP) is -0.858. The van der Waals surface area contributed by atoms with Gasteiger partial charge in [0, 0.05) is 5.56 Å². The number of carbonyl (C=O) groups excluding carboxylic acids is 4. The van der Waals surface area contributed by atoms with Gasteiger partial charge >= 0.3 is 5.97 Å². The molecule has 0 heterocycles. The van der Waals surface area contributed by atoms with Crippen molar-refractivity contribution in [3.8, 4) is 0 Å². The highest BCUT2D eigenvalue weighted by Gasteiger charge is 2.32. The number of carboxylic acids is 1. The first-order valence-corrected chi connectivity index (χ1v) is 10.1. The highest BCUT2D eigenvalue weighted by molar-refractivity contribution is 5.99. The number of rotatable bonds is 12. The van der Waals surface area contributed by atoms with E-state index < -0.39 is 60.2 Å². The fourth-order valence-corrected chi connectivity index (χ4v) is 2.87. The Hall–Kier alpha value is -3.47. The summed E-state index contributed by atoms with van der Waals surface area (Å²) in [6.07, 6.45) is -1.90. The van der Waals surface area contributed by atoms with Crippen LogP contribution in [0.4, 0.5) is 0 Å². The minimum Gasteiger partial charge on any atom is -0.481 e. The number of hydrogen-bond donors (Lipinski definition) is 6. The molecule has 0 fully saturated rings. The molecule has 176 valence electrons. The number of nitrogens with two attached hydrogens (primary N) is 1. The lowest BCUT2D eigenvalue weighted by Crippen LogP contribution is -2.58. The van der Waals surface area contributed by atoms with Crippen LogP contribution < -0.4 is 21.7 Å². The summed E-state index contributed by atoms with van der Waals surface area (Å²) >= 11 is 0. The van der Waals surface area contributed by atoms with E-state index in [2.05, 4.69) is 16.0 Å². The van der Waals surface area contributed by atoms with Gasteiger partial charge in [0.05, 0.1) is 12.5 Å². The van der Waals surface area contributed by atoms with Gasteiger partial charge in [0.2, 0.25) is 17.7 Å². The third-order valence-corrected chi connectivity index (χ3v) is 4.46. The maximum atomic E-state index is 12.9. The van der Waals surface area contributed by atoms with Crippen molar-refractivity contribution in [2.45, 2.75) is 57.8 Å². The van der Waals surface area contributed by atoms with Crippen molar-refractivity contribution in [1.29, 1.82) is 0 Å². The molecule has 4 amide bonds. The summed E-state index contributed by atoms with van der Waals surface area (Å²) in [5, 5.41) is 25.8. The fourth-order valence-electron chi connectivity index (χ4n) is 2.87. The second kappa shape index (κ2) is 12.4. The maximum Gasteiger partial charge on any atom is 0.305 e. The molecule has 32 heavy (non-hydrogen) atoms. The molecule has 7 N–H and O–H groups in total. The topological polar surface area (TPSA) is 188 Å². The van der Waals surface area contributed by atoms with E-state index >= 15 is 0 Å². The van der Waals surface area contributed by atoms with Gasteiger partial charge in [-0.2, -0.15) is 0 Å². The highest BCUT2D eigenvalue weighted by atomic mass is 16.4. The summed E-state index contributed by atoms with van der Waals surface area (Å²) in [6, 6.07) is 4.12. The van der Waals surface area contributed by atoms with Gasteiger partial charge in [0.25, 0.3) is 5.91 Å². The molecule has 11 nitrogen and oxygen atoms in total. The second-order valence-electron chi connectivity index (χ2n) is 7.81. The van der Waals surface area contributed by atoms with Crippen molar-refractivity contribution in [2.24, 2.45) is 11.7 Å². The van der Waals surface area contributed by atoms with E-state index in [9.17, 15) is 29.1 Å². The highest BCUT2D eigenvalue weighted by Crippen LogP contribution is 2.08. The first-order chi connectivity index (χ1) is 14.9. The molecular weight excluding hydrogens is 420 g/mol. The molecule has 0 saturated heterocycles. The Morgan fingerprint density at radius 3 is 1.94 bits per heavy atom. The van der Waals surface area contributed by atoms with Crippen LogP contribution in [0.3, 0.4) is 0 Å². The lowest BCUT2D eigenvalue weighted by Gasteiger charge is -2.25. The number of aliphatic hydroxyl groups is 1. The molecule has 1 aromatic rings. The standard InChI is InChI=1S/C21H30N4O7/c1-11(2)9-14(23-19(30)13-7-5-4-6-8-13)20(31)24-15(10-16(27)28)21(32)25-17(12(3)26)18(22)29/h4-8,11-12,14-15,17,26H,9-10H2,1-3H3,(H2,22,29)(H,23,30)(H,24,31)(H,25,32)(H,27,28)/t12-,14+,15+,17+/m1/s1. The smallest absolute Gasteiger partial charge is 0.305 e. The molecule has 11 heteroatoms. The minimum absolute atomic E-state index is 0.0111. The van der Waals surface area contributed by atoms with Crippen LogP contribution in [0.25, 0.3) is 0 Å². The molecular formula is C21H30N4O7. The van der Waals surface area contributed by atoms with Crippen molar-refractivity contribution in [3.05, 3.63) is 35.9 Å². The van der Waals surface area contributed by atoms with Crippen LogP contribution in [0.5, 0.6) is 0 Å². The number of carbonyl (C=O) groups is 5. The summed E-state index contributed by atoms with van der Waals surface area (Å²) in [6.45, 7) is 4.88. The van der Waals surface area contributed by atoms with Gasteiger partial charge < -0.3 is 31.9 Å². The quantitative estimate of drug-likeness (QED) is 0.239. The molecule has 0 bridgehead atoms. The van der Waals surface area contributed by atoms with E-state index in [0.717, 1.165) is 0 Å². The summed E-state index contributed by atoms with van der Waals surface area (Å²) < 4.78 is 0. The van der Waals surface area contributed by atoms with E-state index in [1.165, 1.54) is 6.92 Å². The van der Waals surface area contributed by atoms with E-state index in [1.54, 1.807) is 30.3 Å². The Balaban J connectivity index is 3.01. The average Bonchev–Trinajstić information content (AvgIpc) is 2.70. The van der Waals surface area contributed by atoms with Crippen molar-refractivity contribution in [2.75, 3.05) is 0 Å². The van der Waals surface area contributed by atoms with Gasteiger partial charge in [0.1, 0.15) is 18.1 Å². The van der Waals surface area contributed by atoms with Crippen molar-refractivity contribution >= 4 is 29.6 Å². The monoisotopic (exact) mass is 450 g/mol. The summed E-state index contributed by atoms with van der Waals surface area (Å²) in [5.74, 6) is -4.70. The SMILES string of the molecule is CC(C)C[C@H](NC(=O)c1ccccc1)C(=O)N[C@@H](CC(=O)O)C(=O)N[C@H](C(N)=O)[C@@H](C)O. The molecule has 0 aliphatic rings. The third-order valence-electron chi connectivity index (χ3n) is 4.46. The molecule has 0 spiro atoms. The molecule has 0 aliphatic carbocycles. The van der Waals surface area contributed by atoms with Crippen LogP contribution in [0, 0.1) is 5.92 Å². The molecule has 1 rings (SSSR count). The number of aliphatic carboxylic acids is 1. The Kier molecular flexibility index (Phi) is 10.3. The van der Waals surface area contributed by atoms with Crippen LogP contribution >= 0.6 is 0 Å². The molecule has 0 radical (unpaired) electrons. The Morgan fingerprint density at radius 2 is 1.47 bits per heavy atom. The zero-order valence-corrected chi connectivity index (χ0v) is 18.2. The lowest BCUT2D eigenvalue weighted by atomic mass is 10.0. The number of carboxylic acid groups (broad SMARTS) is 1. The van der Waals surface area contributed by atoms with Crippen LogP contribution in [0.2, 0.25) is 0 Å². The van der Waals surface area contributed by atoms with Crippen molar-refractivity contribution in [1.82, 2.24) is 16.0 Å². The second-order valence-corrected chi connectivity index (χ2v) is 7.81. The zero-order valence-electron chi connectivity index (χ0n) is 18.2. The third kappa shape index (κ3) is 8.72. The molecule has 0 aromatic heterocycles. The van der Waals surface area contributed by atoms with E-state index in [1.807, 2.05) is 13.8 Å². The molecule has 0 saturated carbocycles. The first-order valence-electron chi connectivity index (χ1n) is 10.1. The van der Waals surface area contributed by atoms with Crippen LogP contribution in [0.1, 0.15) is 44.0 Å². The van der Waals surface area contributed by atoms with E-state index in [0.29, 0.717) is 5.56 Å². The summed E-state index contributed by atoms with van der Waals surface area (Å²) in [7, 11) is 0. The average molecular weight is 450 g/mol. The number of aliphatic hydroxyl groups excluding tert-OH is 1. The Bertz CT molecular complexity index is 827. The van der Waals surface area contributed by atoms with Crippen LogP contribution in [-0.4, -0.2) is 64.0 Å². The van der Waals surface area contributed by atoms with Gasteiger partial charge in [-0.1, -0.05) is 32.0 Å². The molecule has 0 unspecified atom stereocenters. The number of amides is 4. The number of nitrogens with one attached hydrogen (secondary N) is 3. The number of benzene rings is 1. The van der Waals surface area contributed by atoms with Gasteiger partial charge in [0.15, 0.2) is 0 Å². The molecule has 0 aliphatic heterocycles. The van der Waals surface area contributed by atoms with Gasteiger partial charge in [-0.05, 0) is 31.4 Å². The van der Waals surface area contributed by atoms with Crippen molar-refractivity contribution < 1.29 is 34.2 Å². The van der Waals surface area contributed by atoms with Crippen molar-refractivity contribution in [3.63, 3.8) is 0 Å². The minimum atomic E-state index is -1.57. The normalized spacial score (nSPS) is 14.5. The Morgan fingerprint density at radius 1 is 0.906 bits per heavy atom. The largest absolute Gasteiger partial charge is 0.481 e. The number of primary amides is 1. The van der Waals surface area contributed by atoms with Gasteiger partial charge in [-0.15, -0.1) is 0 Å². The van der Waals surface area contributed by atoms with Crippen LogP contribution in [-0.2, 0) is 19.2 Å². The Labute approximate surface area is 185 Å². The van der Waals surface area contributed by atoms with E-state index in [-0.39, 0.29) is 12.3 Å².